The zero-order valence-corrected chi connectivity index (χ0v) is 22.5. The van der Waals surface area contributed by atoms with Crippen LogP contribution >= 0.6 is 0 Å². The maximum absolute atomic E-state index is 13.2. The van der Waals surface area contributed by atoms with Gasteiger partial charge in [0.2, 0.25) is 0 Å². The minimum atomic E-state index is -0.538. The van der Waals surface area contributed by atoms with Crippen molar-refractivity contribution in [2.45, 2.75) is 53.2 Å². The average molecular weight is 510 g/mol. The minimum Gasteiger partial charge on any atom is -0.493 e. The summed E-state index contributed by atoms with van der Waals surface area (Å²) in [5, 5.41) is 16.7. The van der Waals surface area contributed by atoms with E-state index in [1.54, 1.807) is 27.8 Å². The van der Waals surface area contributed by atoms with Crippen LogP contribution in [0.1, 0.15) is 50.5 Å². The maximum Gasteiger partial charge on any atom is 0.410 e. The molecule has 1 aromatic carbocycles. The molecule has 2 amide bonds. The van der Waals surface area contributed by atoms with Gasteiger partial charge in [-0.15, -0.1) is 10.2 Å². The third-order valence-electron chi connectivity index (χ3n) is 6.02. The average Bonchev–Trinajstić information content (AvgIpc) is 3.16. The number of carbonyl (C=O) groups is 2. The fraction of sp³-hybridized carbons (Fsp3) is 0.500. The second-order valence-corrected chi connectivity index (χ2v) is 10.3. The predicted molar refractivity (Wildman–Crippen MR) is 141 cm³/mol. The van der Waals surface area contributed by atoms with Crippen LogP contribution in [0.2, 0.25) is 0 Å². The van der Waals surface area contributed by atoms with Gasteiger partial charge in [0.25, 0.3) is 5.91 Å². The first-order valence-electron chi connectivity index (χ1n) is 12.5. The zero-order valence-electron chi connectivity index (χ0n) is 22.5. The van der Waals surface area contributed by atoms with Crippen molar-refractivity contribution in [1.29, 1.82) is 0 Å². The number of hydrogen-bond acceptors (Lipinski definition) is 8. The standard InChI is InChI=1S/C26H35N7O4/c1-8-36-21-13-20-18(15-31(7)30-20)12-19(21)24(34)27-22-11-16(2)23(29-28-22)32-9-10-33(17(3)14-32)25(35)37-26(4,5)6/h11-13,15,17H,8-10,14H2,1-7H3,(H,27,28,34)/t17-/m0/s1. The highest BCUT2D eigenvalue weighted by Crippen LogP contribution is 2.27. The summed E-state index contributed by atoms with van der Waals surface area (Å²) in [7, 11) is 1.83. The lowest BCUT2D eigenvalue weighted by Gasteiger charge is -2.40. The van der Waals surface area contributed by atoms with E-state index in [1.165, 1.54) is 0 Å². The molecule has 1 atom stereocenters. The first-order valence-corrected chi connectivity index (χ1v) is 12.5. The van der Waals surface area contributed by atoms with Crippen molar-refractivity contribution in [3.05, 3.63) is 35.5 Å². The third-order valence-corrected chi connectivity index (χ3v) is 6.02. The van der Waals surface area contributed by atoms with Gasteiger partial charge >= 0.3 is 6.09 Å². The highest BCUT2D eigenvalue weighted by molar-refractivity contribution is 6.08. The first-order chi connectivity index (χ1) is 17.4. The number of fused-ring (bicyclic) bond motifs is 1. The topological polar surface area (TPSA) is 115 Å². The minimum absolute atomic E-state index is 0.0523. The van der Waals surface area contributed by atoms with Crippen molar-refractivity contribution < 1.29 is 19.1 Å². The van der Waals surface area contributed by atoms with Gasteiger partial charge in [-0.1, -0.05) is 0 Å². The number of anilines is 2. The van der Waals surface area contributed by atoms with Crippen molar-refractivity contribution in [3.63, 3.8) is 0 Å². The van der Waals surface area contributed by atoms with Crippen LogP contribution < -0.4 is 15.0 Å². The maximum atomic E-state index is 13.2. The molecule has 0 aliphatic carbocycles. The van der Waals surface area contributed by atoms with Crippen LogP contribution in [0, 0.1) is 6.92 Å². The monoisotopic (exact) mass is 509 g/mol. The molecule has 1 fully saturated rings. The number of ether oxygens (including phenoxy) is 2. The summed E-state index contributed by atoms with van der Waals surface area (Å²) in [6.45, 7) is 13.5. The molecule has 0 bridgehead atoms. The van der Waals surface area contributed by atoms with Crippen molar-refractivity contribution in [2.24, 2.45) is 7.05 Å². The van der Waals surface area contributed by atoms with Gasteiger partial charge in [-0.3, -0.25) is 9.48 Å². The number of aryl methyl sites for hydroxylation is 2. The molecule has 0 spiro atoms. The Morgan fingerprint density at radius 1 is 1.16 bits per heavy atom. The van der Waals surface area contributed by atoms with Crippen molar-refractivity contribution >= 4 is 34.5 Å². The number of rotatable bonds is 5. The van der Waals surface area contributed by atoms with Gasteiger partial charge in [-0.2, -0.15) is 5.10 Å². The van der Waals surface area contributed by atoms with Gasteiger partial charge in [0.1, 0.15) is 11.4 Å². The van der Waals surface area contributed by atoms with E-state index in [9.17, 15) is 9.59 Å². The Labute approximate surface area is 216 Å². The first kappa shape index (κ1) is 26.2. The predicted octanol–water partition coefficient (Wildman–Crippen LogP) is 3.77. The molecule has 1 N–H and O–H groups in total. The van der Waals surface area contributed by atoms with E-state index in [0.717, 1.165) is 22.3 Å². The van der Waals surface area contributed by atoms with Gasteiger partial charge in [0.05, 0.1) is 17.7 Å². The van der Waals surface area contributed by atoms with Crippen LogP contribution in [0.3, 0.4) is 0 Å². The Bertz CT molecular complexity index is 1310. The summed E-state index contributed by atoms with van der Waals surface area (Å²) >= 11 is 0. The number of carbonyl (C=O) groups excluding carboxylic acids is 2. The molecule has 1 aliphatic rings. The molecule has 37 heavy (non-hydrogen) atoms. The number of nitrogens with zero attached hydrogens (tertiary/aromatic N) is 6. The highest BCUT2D eigenvalue weighted by Gasteiger charge is 2.32. The molecule has 0 unspecified atom stereocenters. The largest absolute Gasteiger partial charge is 0.493 e. The van der Waals surface area contributed by atoms with Crippen LogP contribution in [0.15, 0.2) is 24.4 Å². The van der Waals surface area contributed by atoms with Gasteiger partial charge in [-0.25, -0.2) is 4.79 Å². The number of piperazine rings is 1. The van der Waals surface area contributed by atoms with Gasteiger partial charge in [-0.05, 0) is 59.2 Å². The van der Waals surface area contributed by atoms with Crippen LogP contribution in [0.5, 0.6) is 5.75 Å². The Hall–Kier alpha value is -3.89. The van der Waals surface area contributed by atoms with E-state index in [0.29, 0.717) is 43.4 Å². The van der Waals surface area contributed by atoms with E-state index >= 15 is 0 Å². The summed E-state index contributed by atoms with van der Waals surface area (Å²) in [5.74, 6) is 1.19. The zero-order chi connectivity index (χ0) is 26.9. The Balaban J connectivity index is 1.47. The summed E-state index contributed by atoms with van der Waals surface area (Å²) in [6, 6.07) is 5.28. The summed E-state index contributed by atoms with van der Waals surface area (Å²) in [5.41, 5.74) is 1.49. The van der Waals surface area contributed by atoms with Gasteiger partial charge < -0.3 is 24.6 Å². The SMILES string of the molecule is CCOc1cc2nn(C)cc2cc1C(=O)Nc1cc(C)c(N2CCN(C(=O)OC(C)(C)C)[C@@H](C)C2)nn1. The van der Waals surface area contributed by atoms with Crippen molar-refractivity contribution in [3.8, 4) is 5.75 Å². The lowest BCUT2D eigenvalue weighted by atomic mass is 10.1. The van der Waals surface area contributed by atoms with Crippen molar-refractivity contribution in [1.82, 2.24) is 24.9 Å². The second kappa shape index (κ2) is 10.2. The molecule has 198 valence electrons. The lowest BCUT2D eigenvalue weighted by molar-refractivity contribution is 0.0158. The molecular weight excluding hydrogens is 474 g/mol. The van der Waals surface area contributed by atoms with E-state index in [-0.39, 0.29) is 18.0 Å². The molecule has 1 saturated heterocycles. The number of aromatic nitrogens is 4. The Morgan fingerprint density at radius 3 is 2.57 bits per heavy atom. The van der Waals surface area contributed by atoms with E-state index in [1.807, 2.05) is 54.8 Å². The number of amides is 2. The number of benzene rings is 1. The molecule has 1 aliphatic heterocycles. The molecule has 11 heteroatoms. The number of nitrogens with one attached hydrogen (secondary N) is 1. The molecule has 4 rings (SSSR count). The third kappa shape index (κ3) is 5.92. The molecule has 11 nitrogen and oxygen atoms in total. The van der Waals surface area contributed by atoms with Gasteiger partial charge in [0, 0.05) is 50.4 Å². The molecule has 2 aromatic heterocycles. The van der Waals surface area contributed by atoms with E-state index in [4.69, 9.17) is 9.47 Å². The summed E-state index contributed by atoms with van der Waals surface area (Å²) in [6.07, 6.45) is 1.54. The smallest absolute Gasteiger partial charge is 0.410 e. The van der Waals surface area contributed by atoms with Crippen LogP contribution in [-0.4, -0.2) is 74.8 Å². The highest BCUT2D eigenvalue weighted by atomic mass is 16.6. The van der Waals surface area contributed by atoms with E-state index in [2.05, 4.69) is 25.5 Å². The molecule has 3 heterocycles. The normalized spacial score (nSPS) is 16.1. The molecular formula is C26H35N7O4. The van der Waals surface area contributed by atoms with Gasteiger partial charge in [0.15, 0.2) is 11.6 Å². The molecule has 3 aromatic rings. The fourth-order valence-corrected chi connectivity index (χ4v) is 4.41. The Kier molecular flexibility index (Phi) is 7.24. The quantitative estimate of drug-likeness (QED) is 0.553. The molecule has 0 saturated carbocycles. The van der Waals surface area contributed by atoms with E-state index < -0.39 is 5.60 Å². The summed E-state index contributed by atoms with van der Waals surface area (Å²) in [4.78, 5) is 29.5. The number of hydrogen-bond donors (Lipinski definition) is 1. The second-order valence-electron chi connectivity index (χ2n) is 10.3. The summed E-state index contributed by atoms with van der Waals surface area (Å²) < 4.78 is 12.9. The fourth-order valence-electron chi connectivity index (χ4n) is 4.41. The van der Waals surface area contributed by atoms with Crippen LogP contribution in [-0.2, 0) is 11.8 Å². The lowest BCUT2D eigenvalue weighted by Crippen LogP contribution is -2.55. The Morgan fingerprint density at radius 2 is 1.92 bits per heavy atom. The van der Waals surface area contributed by atoms with Crippen molar-refractivity contribution in [2.75, 3.05) is 36.5 Å². The van der Waals surface area contributed by atoms with Crippen LogP contribution in [0.4, 0.5) is 16.4 Å². The molecule has 0 radical (unpaired) electrons. The van der Waals surface area contributed by atoms with Crippen LogP contribution in [0.25, 0.3) is 10.9 Å².